The minimum atomic E-state index is -3.59. The Morgan fingerprint density at radius 2 is 1.52 bits per heavy atom. The Labute approximate surface area is 170 Å². The third-order valence-electron chi connectivity index (χ3n) is 4.46. The van der Waals surface area contributed by atoms with Crippen LogP contribution in [0.15, 0.2) is 89.8 Å². The fourth-order valence-corrected chi connectivity index (χ4v) is 7.29. The van der Waals surface area contributed by atoms with Gasteiger partial charge in [0.25, 0.3) is 0 Å². The Morgan fingerprint density at radius 1 is 0.852 bits per heavy atom. The number of nitrogens with zero attached hydrogens (tertiary/aromatic N) is 1. The Morgan fingerprint density at radius 3 is 2.26 bits per heavy atom. The van der Waals surface area contributed by atoms with Gasteiger partial charge in [0.05, 0.1) is 0 Å². The molecule has 1 aliphatic heterocycles. The number of hydrogen-bond donors (Lipinski definition) is 0. The van der Waals surface area contributed by atoms with Crippen molar-refractivity contribution in [1.82, 2.24) is 0 Å². The van der Waals surface area contributed by atoms with Gasteiger partial charge in [-0.25, -0.2) is 0 Å². The SMILES string of the molecule is Cc1ccc(S(=O)(=O)N2CC=C([Te]c3ccccc3)c3ccccc32)cc1. The van der Waals surface area contributed by atoms with Crippen molar-refractivity contribution in [3.63, 3.8) is 0 Å². The van der Waals surface area contributed by atoms with E-state index in [0.29, 0.717) is 11.4 Å². The van der Waals surface area contributed by atoms with Gasteiger partial charge in [-0.2, -0.15) is 0 Å². The second-order valence-corrected chi connectivity index (χ2v) is 11.4. The quantitative estimate of drug-likeness (QED) is 0.526. The van der Waals surface area contributed by atoms with Crippen LogP contribution in [-0.2, 0) is 10.0 Å². The van der Waals surface area contributed by atoms with Crippen molar-refractivity contribution in [3.8, 4) is 0 Å². The fourth-order valence-electron chi connectivity index (χ4n) is 3.05. The number of para-hydroxylation sites is 1. The third-order valence-corrected chi connectivity index (χ3v) is 9.44. The monoisotopic (exact) mass is 491 g/mol. The second kappa shape index (κ2) is 7.52. The molecule has 0 radical (unpaired) electrons. The summed E-state index contributed by atoms with van der Waals surface area (Å²) in [6.45, 7) is 2.33. The number of benzene rings is 3. The van der Waals surface area contributed by atoms with Gasteiger partial charge in [-0.3, -0.25) is 0 Å². The first-order valence-corrected chi connectivity index (χ1v) is 12.4. The molecule has 3 nitrogen and oxygen atoms in total. The van der Waals surface area contributed by atoms with E-state index in [4.69, 9.17) is 0 Å². The summed E-state index contributed by atoms with van der Waals surface area (Å²) in [5.74, 6) is 0. The van der Waals surface area contributed by atoms with E-state index in [1.54, 1.807) is 12.1 Å². The van der Waals surface area contributed by atoms with Crippen LogP contribution in [0.3, 0.4) is 0 Å². The van der Waals surface area contributed by atoms with Gasteiger partial charge in [-0.15, -0.1) is 0 Å². The summed E-state index contributed by atoms with van der Waals surface area (Å²) in [5.41, 5.74) is 2.85. The van der Waals surface area contributed by atoms with E-state index >= 15 is 0 Å². The molecule has 0 N–H and O–H groups in total. The topological polar surface area (TPSA) is 37.4 Å². The zero-order chi connectivity index (χ0) is 18.9. The summed E-state index contributed by atoms with van der Waals surface area (Å²) in [4.78, 5) is 0.333. The van der Waals surface area contributed by atoms with Crippen molar-refractivity contribution >= 4 is 43.9 Å². The first kappa shape index (κ1) is 18.3. The number of sulfonamides is 1. The molecule has 0 amide bonds. The van der Waals surface area contributed by atoms with E-state index in [2.05, 4.69) is 30.3 Å². The van der Waals surface area contributed by atoms with Gasteiger partial charge in [0.1, 0.15) is 0 Å². The van der Waals surface area contributed by atoms with E-state index in [0.717, 1.165) is 16.8 Å². The molecule has 0 aliphatic carbocycles. The van der Waals surface area contributed by atoms with Crippen molar-refractivity contribution in [2.45, 2.75) is 11.8 Å². The third kappa shape index (κ3) is 3.68. The molecule has 3 aromatic carbocycles. The maximum atomic E-state index is 13.2. The Balaban J connectivity index is 1.73. The molecule has 136 valence electrons. The van der Waals surface area contributed by atoms with Crippen LogP contribution in [0, 0.1) is 6.92 Å². The number of anilines is 1. The van der Waals surface area contributed by atoms with Crippen LogP contribution in [0.1, 0.15) is 11.1 Å². The van der Waals surface area contributed by atoms with Crippen molar-refractivity contribution in [3.05, 3.63) is 96.1 Å². The molecule has 1 aliphatic rings. The van der Waals surface area contributed by atoms with Crippen LogP contribution in [0.2, 0.25) is 0 Å². The molecule has 5 heteroatoms. The number of fused-ring (bicyclic) bond motifs is 1. The van der Waals surface area contributed by atoms with E-state index < -0.39 is 30.9 Å². The summed E-state index contributed by atoms with van der Waals surface area (Å²) in [6, 6.07) is 25.3. The van der Waals surface area contributed by atoms with Crippen molar-refractivity contribution in [2.24, 2.45) is 0 Å². The van der Waals surface area contributed by atoms with Crippen LogP contribution < -0.4 is 7.92 Å². The average Bonchev–Trinajstić information content (AvgIpc) is 2.69. The van der Waals surface area contributed by atoms with E-state index in [-0.39, 0.29) is 0 Å². The summed E-state index contributed by atoms with van der Waals surface area (Å²) >= 11 is -0.568. The molecular weight excluding hydrogens is 470 g/mol. The van der Waals surface area contributed by atoms with Crippen molar-refractivity contribution in [1.29, 1.82) is 0 Å². The number of aryl methyl sites for hydroxylation is 1. The summed E-state index contributed by atoms with van der Waals surface area (Å²) in [6.07, 6.45) is 2.09. The number of hydrogen-bond acceptors (Lipinski definition) is 2. The molecule has 0 unspecified atom stereocenters. The normalized spacial score (nSPS) is 13.8. The maximum absolute atomic E-state index is 13.2. The summed E-state index contributed by atoms with van der Waals surface area (Å²) < 4.78 is 30.6. The Hall–Kier alpha value is -2.06. The molecule has 0 aromatic heterocycles. The van der Waals surface area contributed by atoms with Gasteiger partial charge in [0, 0.05) is 0 Å². The molecule has 0 saturated carbocycles. The molecule has 27 heavy (non-hydrogen) atoms. The summed E-state index contributed by atoms with van der Waals surface area (Å²) in [7, 11) is -3.59. The van der Waals surface area contributed by atoms with Crippen LogP contribution >= 0.6 is 0 Å². The predicted molar refractivity (Wildman–Crippen MR) is 112 cm³/mol. The van der Waals surface area contributed by atoms with Gasteiger partial charge in [-0.1, -0.05) is 0 Å². The first-order chi connectivity index (χ1) is 13.1. The van der Waals surface area contributed by atoms with Crippen LogP contribution in [-0.4, -0.2) is 35.9 Å². The summed E-state index contributed by atoms with van der Waals surface area (Å²) in [5, 5.41) is 0. The van der Waals surface area contributed by atoms with Crippen molar-refractivity contribution < 1.29 is 8.42 Å². The first-order valence-electron chi connectivity index (χ1n) is 8.67. The zero-order valence-corrected chi connectivity index (χ0v) is 18.0. The van der Waals surface area contributed by atoms with Gasteiger partial charge in [-0.05, 0) is 0 Å². The van der Waals surface area contributed by atoms with Crippen molar-refractivity contribution in [2.75, 3.05) is 10.8 Å². The molecule has 1 heterocycles. The van der Waals surface area contributed by atoms with Crippen LogP contribution in [0.5, 0.6) is 0 Å². The molecule has 0 saturated heterocycles. The fraction of sp³-hybridized carbons (Fsp3) is 0.0909. The zero-order valence-electron chi connectivity index (χ0n) is 14.9. The Bertz CT molecular complexity index is 1090. The number of rotatable bonds is 4. The molecule has 0 spiro atoms. The molecule has 4 rings (SSSR count). The predicted octanol–water partition coefficient (Wildman–Crippen LogP) is 3.57. The van der Waals surface area contributed by atoms with Gasteiger partial charge >= 0.3 is 171 Å². The van der Waals surface area contributed by atoms with Gasteiger partial charge in [0.15, 0.2) is 0 Å². The molecule has 0 bridgehead atoms. The minimum absolute atomic E-state index is 0.333. The average molecular weight is 489 g/mol. The van der Waals surface area contributed by atoms with Gasteiger partial charge in [0.2, 0.25) is 0 Å². The van der Waals surface area contributed by atoms with E-state index in [1.165, 1.54) is 11.5 Å². The van der Waals surface area contributed by atoms with Gasteiger partial charge < -0.3 is 0 Å². The standard InChI is InChI=1S/C22H19NO2STe/c1-17-11-13-18(14-12-17)26(24,25)23-16-15-22(20-9-5-6-10-21(20)23)27-19-7-3-2-4-8-19/h2-15H,16H2,1H3. The van der Waals surface area contributed by atoms with E-state index in [9.17, 15) is 8.42 Å². The van der Waals surface area contributed by atoms with Crippen LogP contribution in [0.4, 0.5) is 5.69 Å². The molecular formula is C22H19NO2STe. The second-order valence-electron chi connectivity index (χ2n) is 6.35. The molecule has 0 atom stereocenters. The van der Waals surface area contributed by atoms with Crippen LogP contribution in [0.25, 0.3) is 3.62 Å². The molecule has 3 aromatic rings. The Kier molecular flexibility index (Phi) is 5.10. The van der Waals surface area contributed by atoms with E-state index in [1.807, 2.05) is 49.4 Å². The molecule has 0 fully saturated rings.